The molecule has 8 nitrogen and oxygen atoms in total. The number of benzene rings is 1. The smallest absolute Gasteiger partial charge is 0.269 e. The fourth-order valence-corrected chi connectivity index (χ4v) is 3.20. The van der Waals surface area contributed by atoms with Gasteiger partial charge in [0.1, 0.15) is 28.6 Å². The van der Waals surface area contributed by atoms with Crippen LogP contribution in [0.5, 0.6) is 11.6 Å². The average Bonchev–Trinajstić information content (AvgIpc) is 2.83. The normalized spacial score (nSPS) is 11.3. The summed E-state index contributed by atoms with van der Waals surface area (Å²) in [6.07, 6.45) is 4.30. The summed E-state index contributed by atoms with van der Waals surface area (Å²) in [6.45, 7) is 4.71. The minimum Gasteiger partial charge on any atom is -0.438 e. The quantitative estimate of drug-likeness (QED) is 0.307. The number of aryl methyl sites for hydroxylation is 2. The van der Waals surface area contributed by atoms with Gasteiger partial charge in [-0.3, -0.25) is 14.0 Å². The number of nitrogens with zero attached hydrogens (tertiary/aromatic N) is 3. The van der Waals surface area contributed by atoms with E-state index in [1.54, 1.807) is 31.5 Å². The van der Waals surface area contributed by atoms with Crippen molar-refractivity contribution in [2.45, 2.75) is 26.7 Å². The number of ether oxygens (including phenoxy) is 2. The number of amides is 1. The number of hydrogen-bond acceptors (Lipinski definition) is 6. The highest BCUT2D eigenvalue weighted by Gasteiger charge is 2.18. The number of carbonyl (C=O) groups is 1. The van der Waals surface area contributed by atoms with E-state index in [-0.39, 0.29) is 17.0 Å². The maximum Gasteiger partial charge on any atom is 0.269 e. The van der Waals surface area contributed by atoms with Gasteiger partial charge in [-0.2, -0.15) is 10.2 Å². The molecule has 33 heavy (non-hydrogen) atoms. The third-order valence-corrected chi connectivity index (χ3v) is 5.06. The molecule has 0 aliphatic heterocycles. The molecule has 0 fully saturated rings. The Labute approximate surface area is 192 Å². The molecular weight excluding hydrogens is 420 g/mol. The number of aromatic nitrogens is 2. The zero-order valence-corrected chi connectivity index (χ0v) is 18.9. The summed E-state index contributed by atoms with van der Waals surface area (Å²) in [4.78, 5) is 30.3. The summed E-state index contributed by atoms with van der Waals surface area (Å²) in [5, 5.41) is 12.2. The predicted molar refractivity (Wildman–Crippen MR) is 125 cm³/mol. The molecule has 3 aromatic rings. The van der Waals surface area contributed by atoms with Gasteiger partial charge in [-0.05, 0) is 55.2 Å². The van der Waals surface area contributed by atoms with Crippen LogP contribution < -0.4 is 15.6 Å². The van der Waals surface area contributed by atoms with Gasteiger partial charge < -0.3 is 14.8 Å². The van der Waals surface area contributed by atoms with E-state index in [0.717, 1.165) is 17.5 Å². The van der Waals surface area contributed by atoms with Gasteiger partial charge >= 0.3 is 0 Å². The van der Waals surface area contributed by atoms with E-state index in [0.29, 0.717) is 31.0 Å². The Kier molecular flexibility index (Phi) is 7.95. The van der Waals surface area contributed by atoms with Gasteiger partial charge in [0, 0.05) is 26.5 Å². The Bertz CT molecular complexity index is 1270. The van der Waals surface area contributed by atoms with Crippen LogP contribution in [0.3, 0.4) is 0 Å². The van der Waals surface area contributed by atoms with Crippen LogP contribution >= 0.6 is 0 Å². The first kappa shape index (κ1) is 23.7. The summed E-state index contributed by atoms with van der Waals surface area (Å²) in [6, 6.07) is 12.9. The maximum atomic E-state index is 13.3. The van der Waals surface area contributed by atoms with Crippen LogP contribution in [-0.2, 0) is 16.0 Å². The zero-order chi connectivity index (χ0) is 23.8. The monoisotopic (exact) mass is 446 g/mol. The van der Waals surface area contributed by atoms with Crippen LogP contribution in [0.1, 0.15) is 30.0 Å². The summed E-state index contributed by atoms with van der Waals surface area (Å²) in [5.74, 6) is -0.0618. The molecule has 8 heteroatoms. The molecule has 0 atom stereocenters. The Hall–Kier alpha value is -3.96. The van der Waals surface area contributed by atoms with Crippen molar-refractivity contribution >= 4 is 17.6 Å². The van der Waals surface area contributed by atoms with Gasteiger partial charge in [0.2, 0.25) is 5.88 Å². The third-order valence-electron chi connectivity index (χ3n) is 5.06. The molecule has 0 spiro atoms. The lowest BCUT2D eigenvalue weighted by molar-refractivity contribution is -0.117. The van der Waals surface area contributed by atoms with Crippen molar-refractivity contribution in [2.75, 3.05) is 20.3 Å². The molecule has 1 N–H and O–H groups in total. The summed E-state index contributed by atoms with van der Waals surface area (Å²) < 4.78 is 12.3. The average molecular weight is 447 g/mol. The number of pyridine rings is 1. The van der Waals surface area contributed by atoms with Crippen LogP contribution in [0.4, 0.5) is 0 Å². The zero-order valence-electron chi connectivity index (χ0n) is 18.9. The lowest BCUT2D eigenvalue weighted by Crippen LogP contribution is -2.27. The molecule has 0 saturated carbocycles. The molecule has 0 aliphatic rings. The topological polar surface area (TPSA) is 106 Å². The number of methoxy groups -OCH3 is 1. The minimum atomic E-state index is -0.583. The number of nitriles is 1. The second-order valence-electron chi connectivity index (χ2n) is 7.39. The first-order valence-electron chi connectivity index (χ1n) is 10.7. The fourth-order valence-electron chi connectivity index (χ4n) is 3.20. The van der Waals surface area contributed by atoms with Crippen LogP contribution in [0.15, 0.2) is 53.0 Å². The lowest BCUT2D eigenvalue weighted by atomic mass is 10.1. The molecule has 0 bridgehead atoms. The van der Waals surface area contributed by atoms with Gasteiger partial charge in [0.15, 0.2) is 0 Å². The van der Waals surface area contributed by atoms with Crippen molar-refractivity contribution in [1.29, 1.82) is 5.26 Å². The van der Waals surface area contributed by atoms with Gasteiger partial charge in [0.25, 0.3) is 11.5 Å². The van der Waals surface area contributed by atoms with Crippen molar-refractivity contribution in [3.63, 3.8) is 0 Å². The van der Waals surface area contributed by atoms with Crippen LogP contribution in [-0.4, -0.2) is 35.6 Å². The number of rotatable bonds is 9. The number of nitrogens with one attached hydrogen (secondary N) is 1. The highest BCUT2D eigenvalue weighted by Crippen LogP contribution is 2.25. The van der Waals surface area contributed by atoms with Crippen LogP contribution in [0.25, 0.3) is 11.7 Å². The second-order valence-corrected chi connectivity index (χ2v) is 7.39. The van der Waals surface area contributed by atoms with E-state index >= 15 is 0 Å². The standard InChI is InChI=1S/C25H26N4O4/c1-4-18-8-10-20(11-9-18)33-24-21(15-19(16-26)23(30)27-12-6-14-32-3)25(31)29-13-5-7-17(2)22(29)28-24/h5,7-11,13,15H,4,6,12,14H2,1-3H3,(H,27,30)/b19-15+. The summed E-state index contributed by atoms with van der Waals surface area (Å²) >= 11 is 0. The summed E-state index contributed by atoms with van der Waals surface area (Å²) in [5.41, 5.74) is 1.71. The fraction of sp³-hybridized carbons (Fsp3) is 0.280. The molecule has 0 radical (unpaired) electrons. The summed E-state index contributed by atoms with van der Waals surface area (Å²) in [7, 11) is 1.57. The van der Waals surface area contributed by atoms with Gasteiger partial charge in [0.05, 0.1) is 0 Å². The number of fused-ring (bicyclic) bond motifs is 1. The van der Waals surface area contributed by atoms with Crippen molar-refractivity contribution in [2.24, 2.45) is 0 Å². The molecule has 170 valence electrons. The first-order valence-corrected chi connectivity index (χ1v) is 10.7. The van der Waals surface area contributed by atoms with Gasteiger partial charge in [-0.1, -0.05) is 25.1 Å². The van der Waals surface area contributed by atoms with E-state index in [4.69, 9.17) is 9.47 Å². The Morgan fingerprint density at radius 3 is 2.70 bits per heavy atom. The highest BCUT2D eigenvalue weighted by molar-refractivity contribution is 6.01. The van der Waals surface area contributed by atoms with Gasteiger partial charge in [-0.25, -0.2) is 0 Å². The molecule has 0 unspecified atom stereocenters. The largest absolute Gasteiger partial charge is 0.438 e. The minimum absolute atomic E-state index is 0.0151. The van der Waals surface area contributed by atoms with E-state index < -0.39 is 11.5 Å². The first-order chi connectivity index (χ1) is 16.0. The predicted octanol–water partition coefficient (Wildman–Crippen LogP) is 3.42. The van der Waals surface area contributed by atoms with Gasteiger partial charge in [-0.15, -0.1) is 0 Å². The lowest BCUT2D eigenvalue weighted by Gasteiger charge is -2.12. The Morgan fingerprint density at radius 2 is 2.03 bits per heavy atom. The van der Waals surface area contributed by atoms with Crippen molar-refractivity contribution < 1.29 is 14.3 Å². The van der Waals surface area contributed by atoms with E-state index in [1.165, 1.54) is 10.5 Å². The maximum absolute atomic E-state index is 13.3. The van der Waals surface area contributed by atoms with E-state index in [9.17, 15) is 14.9 Å². The van der Waals surface area contributed by atoms with Crippen LogP contribution in [0, 0.1) is 18.3 Å². The molecule has 3 rings (SSSR count). The molecule has 1 aromatic carbocycles. The molecule has 1 amide bonds. The van der Waals surface area contributed by atoms with Crippen molar-refractivity contribution in [3.8, 4) is 17.7 Å². The van der Waals surface area contributed by atoms with Crippen molar-refractivity contribution in [3.05, 3.63) is 75.2 Å². The Morgan fingerprint density at radius 1 is 1.27 bits per heavy atom. The Balaban J connectivity index is 2.07. The third kappa shape index (κ3) is 5.64. The van der Waals surface area contributed by atoms with Crippen LogP contribution in [0.2, 0.25) is 0 Å². The molecule has 0 aliphatic carbocycles. The highest BCUT2D eigenvalue weighted by atomic mass is 16.5. The molecular formula is C25H26N4O4. The molecule has 0 saturated heterocycles. The molecule has 2 aromatic heterocycles. The van der Waals surface area contributed by atoms with E-state index in [1.807, 2.05) is 31.2 Å². The SMILES string of the molecule is CCc1ccc(Oc2nc3c(C)cccn3c(=O)c2/C=C(\C#N)C(=O)NCCCOC)cc1. The number of carbonyl (C=O) groups excluding carboxylic acids is 1. The number of hydrogen-bond donors (Lipinski definition) is 1. The second kappa shape index (κ2) is 11.1. The van der Waals surface area contributed by atoms with Crippen molar-refractivity contribution in [1.82, 2.24) is 14.7 Å². The molecule has 2 heterocycles. The van der Waals surface area contributed by atoms with E-state index in [2.05, 4.69) is 17.2 Å².